The van der Waals surface area contributed by atoms with Crippen LogP contribution in [0.25, 0.3) is 0 Å². The van der Waals surface area contributed by atoms with Gasteiger partial charge in [-0.25, -0.2) is 4.99 Å². The lowest BCUT2D eigenvalue weighted by molar-refractivity contribution is -0.117. The average molecular weight is 203 g/mol. The number of nitrogens with zero attached hydrogens (tertiary/aromatic N) is 2. The number of amides is 1. The lowest BCUT2D eigenvalue weighted by atomic mass is 10.1. The van der Waals surface area contributed by atoms with Gasteiger partial charge in [-0.1, -0.05) is 30.3 Å². The normalized spacial score (nSPS) is 11.1. The number of nitrogens with two attached hydrogens (primary N) is 1. The first kappa shape index (κ1) is 11.1. The summed E-state index contributed by atoms with van der Waals surface area (Å²) >= 11 is 0. The number of aryl methyl sites for hydroxylation is 1. The molecule has 1 aromatic rings. The van der Waals surface area contributed by atoms with Gasteiger partial charge in [0.2, 0.25) is 11.9 Å². The van der Waals surface area contributed by atoms with Gasteiger partial charge in [-0.15, -0.1) is 0 Å². The summed E-state index contributed by atoms with van der Waals surface area (Å²) in [5.41, 5.74) is 6.35. The first-order valence-electron chi connectivity index (χ1n) is 4.60. The van der Waals surface area contributed by atoms with E-state index in [4.69, 9.17) is 5.73 Å². The molecule has 0 aliphatic carbocycles. The van der Waals surface area contributed by atoms with Gasteiger partial charge in [0.15, 0.2) is 0 Å². The Balaban J connectivity index is 2.45. The molecule has 1 rings (SSSR count). The quantitative estimate of drug-likeness (QED) is 0.591. The zero-order valence-electron chi connectivity index (χ0n) is 8.39. The van der Waals surface area contributed by atoms with Crippen molar-refractivity contribution in [2.24, 2.45) is 15.7 Å². The van der Waals surface area contributed by atoms with Crippen LogP contribution >= 0.6 is 0 Å². The van der Waals surface area contributed by atoms with Crippen LogP contribution in [0.5, 0.6) is 0 Å². The zero-order chi connectivity index (χ0) is 11.1. The van der Waals surface area contributed by atoms with Crippen molar-refractivity contribution in [2.75, 3.05) is 0 Å². The third kappa shape index (κ3) is 4.17. The Labute approximate surface area is 88.5 Å². The maximum absolute atomic E-state index is 11.2. The van der Waals surface area contributed by atoms with E-state index in [1.807, 2.05) is 30.3 Å². The number of hydrogen-bond acceptors (Lipinski definition) is 1. The molecule has 2 N–H and O–H groups in total. The second kappa shape index (κ2) is 5.70. The summed E-state index contributed by atoms with van der Waals surface area (Å²) in [6.45, 7) is 3.17. The fourth-order valence-electron chi connectivity index (χ4n) is 1.11. The smallest absolute Gasteiger partial charge is 0.249 e. The topological polar surface area (TPSA) is 67.8 Å². The van der Waals surface area contributed by atoms with Crippen molar-refractivity contribution >= 4 is 18.6 Å². The van der Waals surface area contributed by atoms with Crippen LogP contribution < -0.4 is 5.73 Å². The molecule has 0 fully saturated rings. The SMILES string of the molecule is C=NC(N)=NC(=O)CCc1ccccc1. The summed E-state index contributed by atoms with van der Waals surface area (Å²) in [5.74, 6) is -0.350. The van der Waals surface area contributed by atoms with E-state index in [1.54, 1.807) is 0 Å². The fraction of sp³-hybridized carbons (Fsp3) is 0.182. The molecule has 0 atom stereocenters. The van der Waals surface area contributed by atoms with Gasteiger partial charge in [0.1, 0.15) is 0 Å². The molecule has 0 aliphatic rings. The van der Waals surface area contributed by atoms with Crippen LogP contribution in [-0.2, 0) is 11.2 Å². The first-order valence-corrected chi connectivity index (χ1v) is 4.60. The van der Waals surface area contributed by atoms with Gasteiger partial charge < -0.3 is 5.73 Å². The highest BCUT2D eigenvalue weighted by Gasteiger charge is 2.00. The minimum absolute atomic E-state index is 0.0759. The van der Waals surface area contributed by atoms with Gasteiger partial charge in [-0.2, -0.15) is 4.99 Å². The van der Waals surface area contributed by atoms with E-state index in [0.29, 0.717) is 12.8 Å². The summed E-state index contributed by atoms with van der Waals surface area (Å²) in [4.78, 5) is 18.1. The standard InChI is InChI=1S/C11H13N3O/c1-13-11(12)14-10(15)8-7-9-5-3-2-4-6-9/h2-6H,1,7-8H2,(H2,12,14,15). The number of aliphatic imine (C=N–C) groups is 2. The maximum Gasteiger partial charge on any atom is 0.249 e. The Kier molecular flexibility index (Phi) is 4.22. The Morgan fingerprint density at radius 2 is 2.00 bits per heavy atom. The molecule has 0 aromatic heterocycles. The molecule has 15 heavy (non-hydrogen) atoms. The summed E-state index contributed by atoms with van der Waals surface area (Å²) in [6.07, 6.45) is 0.994. The molecule has 0 heterocycles. The molecule has 0 radical (unpaired) electrons. The molecular formula is C11H13N3O. The van der Waals surface area contributed by atoms with Crippen LogP contribution in [0.4, 0.5) is 0 Å². The van der Waals surface area contributed by atoms with E-state index in [2.05, 4.69) is 16.7 Å². The third-order valence-electron chi connectivity index (χ3n) is 1.87. The van der Waals surface area contributed by atoms with E-state index in [-0.39, 0.29) is 11.9 Å². The second-order valence-electron chi connectivity index (χ2n) is 3.01. The van der Waals surface area contributed by atoms with Crippen molar-refractivity contribution in [3.8, 4) is 0 Å². The summed E-state index contributed by atoms with van der Waals surface area (Å²) in [5, 5.41) is 0. The molecular weight excluding hydrogens is 190 g/mol. The molecule has 0 aliphatic heterocycles. The van der Waals surface area contributed by atoms with Crippen LogP contribution in [0.3, 0.4) is 0 Å². The highest BCUT2D eigenvalue weighted by atomic mass is 16.1. The van der Waals surface area contributed by atoms with Crippen LogP contribution in [-0.4, -0.2) is 18.6 Å². The molecule has 1 aromatic carbocycles. The van der Waals surface area contributed by atoms with Gasteiger partial charge in [0.25, 0.3) is 0 Å². The monoisotopic (exact) mass is 203 g/mol. The molecule has 4 heteroatoms. The van der Waals surface area contributed by atoms with E-state index >= 15 is 0 Å². The van der Waals surface area contributed by atoms with E-state index in [1.165, 1.54) is 0 Å². The Bertz CT molecular complexity index is 371. The molecule has 0 spiro atoms. The summed E-state index contributed by atoms with van der Waals surface area (Å²) in [7, 11) is 0. The second-order valence-corrected chi connectivity index (χ2v) is 3.01. The van der Waals surface area contributed by atoms with Crippen LogP contribution in [0.15, 0.2) is 40.3 Å². The number of carbonyl (C=O) groups excluding carboxylic acids is 1. The van der Waals surface area contributed by atoms with Crippen LogP contribution in [0, 0.1) is 0 Å². The van der Waals surface area contributed by atoms with Crippen molar-refractivity contribution in [1.82, 2.24) is 0 Å². The number of guanidine groups is 1. The van der Waals surface area contributed by atoms with Crippen molar-refractivity contribution in [3.05, 3.63) is 35.9 Å². The highest BCUT2D eigenvalue weighted by molar-refractivity contribution is 5.94. The van der Waals surface area contributed by atoms with Gasteiger partial charge in [-0.3, -0.25) is 4.79 Å². The first-order chi connectivity index (χ1) is 7.22. The molecule has 1 amide bonds. The third-order valence-corrected chi connectivity index (χ3v) is 1.87. The Hall–Kier alpha value is -1.97. The number of benzene rings is 1. The zero-order valence-corrected chi connectivity index (χ0v) is 8.39. The highest BCUT2D eigenvalue weighted by Crippen LogP contribution is 2.02. The van der Waals surface area contributed by atoms with Gasteiger partial charge in [-0.05, 0) is 18.7 Å². The van der Waals surface area contributed by atoms with Crippen molar-refractivity contribution in [2.45, 2.75) is 12.8 Å². The predicted octanol–water partition coefficient (Wildman–Crippen LogP) is 1.16. The molecule has 78 valence electrons. The average Bonchev–Trinajstić information content (AvgIpc) is 2.27. The number of hydrogen-bond donors (Lipinski definition) is 1. The lowest BCUT2D eigenvalue weighted by Gasteiger charge is -1.97. The number of carbonyl (C=O) groups is 1. The van der Waals surface area contributed by atoms with Crippen LogP contribution in [0.1, 0.15) is 12.0 Å². The van der Waals surface area contributed by atoms with Crippen LogP contribution in [0.2, 0.25) is 0 Å². The van der Waals surface area contributed by atoms with Gasteiger partial charge in [0.05, 0.1) is 0 Å². The molecule has 0 saturated carbocycles. The van der Waals surface area contributed by atoms with Crippen molar-refractivity contribution in [1.29, 1.82) is 0 Å². The van der Waals surface area contributed by atoms with Crippen molar-refractivity contribution in [3.63, 3.8) is 0 Å². The molecule has 0 bridgehead atoms. The number of rotatable bonds is 3. The summed E-state index contributed by atoms with van der Waals surface area (Å²) in [6, 6.07) is 9.73. The summed E-state index contributed by atoms with van der Waals surface area (Å²) < 4.78 is 0. The minimum atomic E-state index is -0.274. The molecule has 4 nitrogen and oxygen atoms in total. The van der Waals surface area contributed by atoms with Gasteiger partial charge >= 0.3 is 0 Å². The largest absolute Gasteiger partial charge is 0.368 e. The van der Waals surface area contributed by atoms with E-state index in [0.717, 1.165) is 5.56 Å². The molecule has 0 unspecified atom stereocenters. The van der Waals surface area contributed by atoms with E-state index < -0.39 is 0 Å². The maximum atomic E-state index is 11.2. The fourth-order valence-corrected chi connectivity index (χ4v) is 1.11. The Morgan fingerprint density at radius 1 is 1.33 bits per heavy atom. The molecule has 0 saturated heterocycles. The van der Waals surface area contributed by atoms with E-state index in [9.17, 15) is 4.79 Å². The minimum Gasteiger partial charge on any atom is -0.368 e. The lowest BCUT2D eigenvalue weighted by Crippen LogP contribution is -2.11. The predicted molar refractivity (Wildman–Crippen MR) is 60.9 cm³/mol. The Morgan fingerprint density at radius 3 is 2.60 bits per heavy atom. The van der Waals surface area contributed by atoms with Gasteiger partial charge in [0, 0.05) is 6.42 Å². The van der Waals surface area contributed by atoms with Crippen molar-refractivity contribution < 1.29 is 4.79 Å².